The highest BCUT2D eigenvalue weighted by atomic mass is 15.1. The molecule has 0 atom stereocenters. The van der Waals surface area contributed by atoms with E-state index in [2.05, 4.69) is 191 Å². The van der Waals surface area contributed by atoms with Gasteiger partial charge in [0.15, 0.2) is 0 Å². The smallest absolute Gasteiger partial charge is 0.0543 e. The van der Waals surface area contributed by atoms with E-state index in [0.29, 0.717) is 0 Å². The predicted octanol–water partition coefficient (Wildman–Crippen LogP) is 15.9. The second-order valence-electron chi connectivity index (χ2n) is 20.2. The van der Waals surface area contributed by atoms with Crippen molar-refractivity contribution in [2.75, 3.05) is 4.90 Å². The summed E-state index contributed by atoms with van der Waals surface area (Å²) in [7, 11) is 0. The van der Waals surface area contributed by atoms with Gasteiger partial charge in [-0.05, 0) is 153 Å². The van der Waals surface area contributed by atoms with E-state index in [0.717, 1.165) is 35.3 Å². The lowest BCUT2D eigenvalue weighted by atomic mass is 9.51. The van der Waals surface area contributed by atoms with Gasteiger partial charge in [-0.1, -0.05) is 162 Å². The van der Waals surface area contributed by atoms with Crippen molar-refractivity contribution in [3.8, 4) is 33.4 Å². The van der Waals surface area contributed by atoms with Crippen molar-refractivity contribution in [3.63, 3.8) is 0 Å². The molecule has 0 spiro atoms. The highest BCUT2D eigenvalue weighted by Crippen LogP contribution is 2.58. The van der Waals surface area contributed by atoms with Crippen molar-refractivity contribution < 1.29 is 0 Å². The van der Waals surface area contributed by atoms with Crippen molar-refractivity contribution in [3.05, 3.63) is 174 Å². The van der Waals surface area contributed by atoms with Crippen molar-refractivity contribution >= 4 is 27.8 Å². The number of hydrogen-bond donors (Lipinski definition) is 0. The standard InChI is InChI=1S/C58H57N/c1-57(2,3)51-19-11-14-42-13-10-17-47(55(42)51)41-27-29-45(30-28-41)59(54-22-12-20-52-56(54)48-16-6-8-18-50(48)58(52,4)5)53-21-9-7-15-46(53)40-25-23-37(24-26-40)36-49-43-32-38-31-39(34-43)35-44(49)33-38/h6-30,38-39,43-44,49H,31-36H2,1-5H3. The Hall–Kier alpha value is -5.40. The van der Waals surface area contributed by atoms with Crippen molar-refractivity contribution in [2.24, 2.45) is 29.6 Å². The largest absolute Gasteiger partial charge is 0.309 e. The van der Waals surface area contributed by atoms with Crippen LogP contribution in [0, 0.1) is 29.6 Å². The molecule has 294 valence electrons. The second kappa shape index (κ2) is 13.8. The fourth-order valence-electron chi connectivity index (χ4n) is 12.7. The number of nitrogens with zero attached hydrogens (tertiary/aromatic N) is 1. The minimum Gasteiger partial charge on any atom is -0.309 e. The Morgan fingerprint density at radius 2 is 1.08 bits per heavy atom. The molecule has 0 N–H and O–H groups in total. The van der Waals surface area contributed by atoms with Crippen LogP contribution < -0.4 is 4.90 Å². The molecule has 0 aromatic heterocycles. The Balaban J connectivity index is 1.03. The molecule has 4 fully saturated rings. The second-order valence-corrected chi connectivity index (χ2v) is 20.2. The molecule has 0 heterocycles. The Labute approximate surface area is 352 Å². The third-order valence-corrected chi connectivity index (χ3v) is 15.3. The van der Waals surface area contributed by atoms with E-state index in [-0.39, 0.29) is 10.8 Å². The Bertz CT molecular complexity index is 2670. The average molecular weight is 768 g/mol. The molecule has 0 amide bonds. The highest BCUT2D eigenvalue weighted by molar-refractivity contribution is 6.01. The maximum absolute atomic E-state index is 2.54. The van der Waals surface area contributed by atoms with Gasteiger partial charge in [0.25, 0.3) is 0 Å². The lowest BCUT2D eigenvalue weighted by Gasteiger charge is -2.54. The average Bonchev–Trinajstić information content (AvgIpc) is 3.48. The lowest BCUT2D eigenvalue weighted by Crippen LogP contribution is -2.45. The Kier molecular flexibility index (Phi) is 8.60. The molecular weight excluding hydrogens is 711 g/mol. The maximum atomic E-state index is 2.54. The molecule has 0 unspecified atom stereocenters. The number of rotatable bonds is 7. The fourth-order valence-corrected chi connectivity index (χ4v) is 12.7. The van der Waals surface area contributed by atoms with E-state index in [9.17, 15) is 0 Å². The molecule has 12 rings (SSSR count). The van der Waals surface area contributed by atoms with Gasteiger partial charge < -0.3 is 4.90 Å². The number of anilines is 3. The summed E-state index contributed by atoms with van der Waals surface area (Å²) in [5.74, 6) is 4.83. The van der Waals surface area contributed by atoms with E-state index in [1.807, 2.05) is 0 Å². The van der Waals surface area contributed by atoms with E-state index in [1.54, 1.807) is 0 Å². The molecular formula is C58H57N. The highest BCUT2D eigenvalue weighted by Gasteiger charge is 2.48. The topological polar surface area (TPSA) is 3.24 Å². The van der Waals surface area contributed by atoms with Crippen LogP contribution in [0.1, 0.15) is 89.0 Å². The summed E-state index contributed by atoms with van der Waals surface area (Å²) in [6.45, 7) is 11.7. The molecule has 4 saturated carbocycles. The number of hydrogen-bond acceptors (Lipinski definition) is 1. The first-order valence-corrected chi connectivity index (χ1v) is 22.5. The molecule has 5 aliphatic rings. The van der Waals surface area contributed by atoms with Crippen molar-refractivity contribution in [2.45, 2.75) is 84.0 Å². The zero-order chi connectivity index (χ0) is 40.0. The SMILES string of the molecule is CC(C)(C)c1cccc2cccc(-c3ccc(N(c4ccccc4-c4ccc(CC5C6CC7CC(C6)CC5C7)cc4)c4cccc5c4-c4ccccc4C5(C)C)cc3)c12. The molecule has 1 nitrogen and oxygen atoms in total. The van der Waals surface area contributed by atoms with Gasteiger partial charge in [-0.3, -0.25) is 0 Å². The summed E-state index contributed by atoms with van der Waals surface area (Å²) >= 11 is 0. The summed E-state index contributed by atoms with van der Waals surface area (Å²) in [6, 6.07) is 57.8. The molecule has 0 saturated heterocycles. The molecule has 7 aromatic rings. The maximum Gasteiger partial charge on any atom is 0.0543 e. The minimum atomic E-state index is -0.0940. The van der Waals surface area contributed by atoms with E-state index in [4.69, 9.17) is 0 Å². The molecule has 7 aromatic carbocycles. The van der Waals surface area contributed by atoms with E-state index in [1.165, 1.54) is 116 Å². The molecule has 0 aliphatic heterocycles. The van der Waals surface area contributed by atoms with Gasteiger partial charge in [-0.25, -0.2) is 0 Å². The van der Waals surface area contributed by atoms with E-state index < -0.39 is 0 Å². The first-order chi connectivity index (χ1) is 28.6. The van der Waals surface area contributed by atoms with Crippen LogP contribution in [-0.2, 0) is 17.3 Å². The summed E-state index contributed by atoms with van der Waals surface area (Å²) in [4.78, 5) is 2.54. The van der Waals surface area contributed by atoms with Gasteiger partial charge in [0.05, 0.1) is 11.4 Å². The van der Waals surface area contributed by atoms with Gasteiger partial charge >= 0.3 is 0 Å². The Morgan fingerprint density at radius 3 is 1.80 bits per heavy atom. The van der Waals surface area contributed by atoms with Crippen LogP contribution in [0.3, 0.4) is 0 Å². The molecule has 5 aliphatic carbocycles. The molecule has 59 heavy (non-hydrogen) atoms. The van der Waals surface area contributed by atoms with Crippen molar-refractivity contribution in [1.29, 1.82) is 0 Å². The first kappa shape index (κ1) is 36.7. The van der Waals surface area contributed by atoms with Gasteiger partial charge in [-0.15, -0.1) is 0 Å². The van der Waals surface area contributed by atoms with Gasteiger partial charge in [0.2, 0.25) is 0 Å². The van der Waals surface area contributed by atoms with Crippen LogP contribution in [0.15, 0.2) is 152 Å². The fraction of sp³-hybridized carbons (Fsp3) is 0.310. The predicted molar refractivity (Wildman–Crippen MR) is 250 cm³/mol. The zero-order valence-corrected chi connectivity index (χ0v) is 35.5. The van der Waals surface area contributed by atoms with Gasteiger partial charge in [0.1, 0.15) is 0 Å². The summed E-state index contributed by atoms with van der Waals surface area (Å²) in [5.41, 5.74) is 16.9. The van der Waals surface area contributed by atoms with Crippen LogP contribution in [-0.4, -0.2) is 0 Å². The van der Waals surface area contributed by atoms with Crippen LogP contribution in [0.4, 0.5) is 17.1 Å². The number of fused-ring (bicyclic) bond motifs is 4. The lowest BCUT2D eigenvalue weighted by molar-refractivity contribution is -0.0360. The number of para-hydroxylation sites is 1. The first-order valence-electron chi connectivity index (χ1n) is 22.5. The van der Waals surface area contributed by atoms with Gasteiger partial charge in [-0.2, -0.15) is 0 Å². The number of benzene rings is 7. The van der Waals surface area contributed by atoms with Crippen LogP contribution in [0.2, 0.25) is 0 Å². The molecule has 0 radical (unpaired) electrons. The van der Waals surface area contributed by atoms with Gasteiger partial charge in [0, 0.05) is 22.2 Å². The minimum absolute atomic E-state index is 0.0289. The molecule has 1 heteroatoms. The Morgan fingerprint density at radius 1 is 0.525 bits per heavy atom. The van der Waals surface area contributed by atoms with Crippen molar-refractivity contribution in [1.82, 2.24) is 0 Å². The summed E-state index contributed by atoms with van der Waals surface area (Å²) in [6.07, 6.45) is 8.73. The molecule has 4 bridgehead atoms. The van der Waals surface area contributed by atoms with Crippen LogP contribution in [0.5, 0.6) is 0 Å². The summed E-state index contributed by atoms with van der Waals surface area (Å²) in [5, 5.41) is 2.64. The summed E-state index contributed by atoms with van der Waals surface area (Å²) < 4.78 is 0. The monoisotopic (exact) mass is 767 g/mol. The normalized spacial score (nSPS) is 22.4. The van der Waals surface area contributed by atoms with Crippen LogP contribution >= 0.6 is 0 Å². The van der Waals surface area contributed by atoms with E-state index >= 15 is 0 Å². The van der Waals surface area contributed by atoms with Crippen LogP contribution in [0.25, 0.3) is 44.2 Å². The quantitative estimate of drug-likeness (QED) is 0.156. The third-order valence-electron chi connectivity index (χ3n) is 15.3. The zero-order valence-electron chi connectivity index (χ0n) is 35.5. The third kappa shape index (κ3) is 6.10.